The lowest BCUT2D eigenvalue weighted by molar-refractivity contribution is -0.133. The quantitative estimate of drug-likeness (QED) is 0.855. The zero-order valence-corrected chi connectivity index (χ0v) is 13.7. The summed E-state index contributed by atoms with van der Waals surface area (Å²) < 4.78 is 0. The molecule has 1 N–H and O–H groups in total. The van der Waals surface area contributed by atoms with Gasteiger partial charge in [0.15, 0.2) is 0 Å². The van der Waals surface area contributed by atoms with Gasteiger partial charge in [0.05, 0.1) is 12.5 Å². The standard InChI is InChI=1S/C17H27N3O2/c1-12(2)19-7-9-20(10-8-19)16(21)11-14-13-5-3-4-6-15(13)18-17(14)22/h12,15H,3-11H2,1-2H3,(H,18,22). The van der Waals surface area contributed by atoms with Gasteiger partial charge in [-0.15, -0.1) is 0 Å². The Hall–Kier alpha value is -1.36. The zero-order valence-electron chi connectivity index (χ0n) is 13.7. The second-order valence-electron chi connectivity index (χ2n) is 6.96. The number of nitrogens with zero attached hydrogens (tertiary/aromatic N) is 2. The van der Waals surface area contributed by atoms with E-state index < -0.39 is 0 Å². The third-order valence-electron chi connectivity index (χ3n) is 5.30. The summed E-state index contributed by atoms with van der Waals surface area (Å²) in [4.78, 5) is 29.0. The predicted octanol–water partition coefficient (Wildman–Crippen LogP) is 1.30. The van der Waals surface area contributed by atoms with Gasteiger partial charge in [-0.2, -0.15) is 0 Å². The van der Waals surface area contributed by atoms with Crippen molar-refractivity contribution in [3.63, 3.8) is 0 Å². The number of nitrogens with one attached hydrogen (secondary N) is 1. The van der Waals surface area contributed by atoms with E-state index >= 15 is 0 Å². The second-order valence-corrected chi connectivity index (χ2v) is 6.96. The van der Waals surface area contributed by atoms with Crippen molar-refractivity contribution < 1.29 is 9.59 Å². The van der Waals surface area contributed by atoms with Crippen molar-refractivity contribution in [3.8, 4) is 0 Å². The molecule has 3 aliphatic rings. The Kier molecular flexibility index (Phi) is 4.52. The summed E-state index contributed by atoms with van der Waals surface area (Å²) >= 11 is 0. The summed E-state index contributed by atoms with van der Waals surface area (Å²) in [7, 11) is 0. The van der Waals surface area contributed by atoms with Crippen LogP contribution in [0, 0.1) is 0 Å². The molecule has 22 heavy (non-hydrogen) atoms. The first-order chi connectivity index (χ1) is 10.6. The summed E-state index contributed by atoms with van der Waals surface area (Å²) in [5.74, 6) is 0.114. The Labute approximate surface area is 132 Å². The summed E-state index contributed by atoms with van der Waals surface area (Å²) in [5.41, 5.74) is 1.98. The highest BCUT2D eigenvalue weighted by atomic mass is 16.2. The highest BCUT2D eigenvalue weighted by Crippen LogP contribution is 2.32. The van der Waals surface area contributed by atoms with Crippen LogP contribution in [0.15, 0.2) is 11.1 Å². The maximum atomic E-state index is 12.5. The summed E-state index contributed by atoms with van der Waals surface area (Å²) in [6.07, 6.45) is 4.62. The molecule has 2 aliphatic heterocycles. The summed E-state index contributed by atoms with van der Waals surface area (Å²) in [5, 5.41) is 3.04. The molecule has 1 saturated heterocycles. The predicted molar refractivity (Wildman–Crippen MR) is 85.3 cm³/mol. The van der Waals surface area contributed by atoms with Gasteiger partial charge in [-0.25, -0.2) is 0 Å². The fraction of sp³-hybridized carbons (Fsp3) is 0.765. The topological polar surface area (TPSA) is 52.6 Å². The van der Waals surface area contributed by atoms with Gasteiger partial charge in [-0.3, -0.25) is 14.5 Å². The minimum atomic E-state index is -0.00364. The molecule has 0 radical (unpaired) electrons. The number of piperazine rings is 1. The molecule has 5 nitrogen and oxygen atoms in total. The van der Waals surface area contributed by atoms with E-state index in [1.54, 1.807) is 0 Å². The van der Waals surface area contributed by atoms with Gasteiger partial charge in [0.1, 0.15) is 0 Å². The lowest BCUT2D eigenvalue weighted by Crippen LogP contribution is -2.50. The van der Waals surface area contributed by atoms with E-state index in [1.807, 2.05) is 4.90 Å². The van der Waals surface area contributed by atoms with E-state index in [9.17, 15) is 9.59 Å². The molecule has 5 heteroatoms. The number of carbonyl (C=O) groups excluding carboxylic acids is 2. The van der Waals surface area contributed by atoms with Gasteiger partial charge in [0.25, 0.3) is 0 Å². The Morgan fingerprint density at radius 2 is 1.95 bits per heavy atom. The first kappa shape index (κ1) is 15.5. The number of amides is 2. The molecule has 1 aliphatic carbocycles. The third-order valence-corrected chi connectivity index (χ3v) is 5.30. The normalized spacial score (nSPS) is 26.4. The van der Waals surface area contributed by atoms with E-state index in [2.05, 4.69) is 24.1 Å². The Morgan fingerprint density at radius 3 is 2.64 bits per heavy atom. The van der Waals surface area contributed by atoms with Crippen molar-refractivity contribution in [1.29, 1.82) is 0 Å². The highest BCUT2D eigenvalue weighted by molar-refractivity contribution is 6.02. The van der Waals surface area contributed by atoms with Crippen molar-refractivity contribution in [3.05, 3.63) is 11.1 Å². The van der Waals surface area contributed by atoms with Gasteiger partial charge in [0, 0.05) is 37.8 Å². The van der Waals surface area contributed by atoms with Crippen LogP contribution in [0.5, 0.6) is 0 Å². The SMILES string of the molecule is CC(C)N1CCN(C(=O)CC2=C3CCCCC3NC2=O)CC1. The van der Waals surface area contributed by atoms with Crippen LogP contribution in [-0.4, -0.2) is 59.9 Å². The minimum Gasteiger partial charge on any atom is -0.346 e. The molecule has 2 fully saturated rings. The highest BCUT2D eigenvalue weighted by Gasteiger charge is 2.34. The molecular weight excluding hydrogens is 278 g/mol. The molecule has 0 aromatic rings. The molecule has 1 unspecified atom stereocenters. The average Bonchev–Trinajstić information content (AvgIpc) is 2.83. The average molecular weight is 305 g/mol. The fourth-order valence-electron chi connectivity index (χ4n) is 3.87. The lowest BCUT2D eigenvalue weighted by Gasteiger charge is -2.37. The minimum absolute atomic E-state index is 0.00364. The van der Waals surface area contributed by atoms with Crippen molar-refractivity contribution in [1.82, 2.24) is 15.1 Å². The van der Waals surface area contributed by atoms with Crippen LogP contribution < -0.4 is 5.32 Å². The molecule has 1 saturated carbocycles. The second kappa shape index (κ2) is 6.41. The van der Waals surface area contributed by atoms with Gasteiger partial charge < -0.3 is 10.2 Å². The molecule has 122 valence electrons. The van der Waals surface area contributed by atoms with E-state index in [1.165, 1.54) is 12.0 Å². The van der Waals surface area contributed by atoms with Crippen LogP contribution in [-0.2, 0) is 9.59 Å². The van der Waals surface area contributed by atoms with Gasteiger partial charge in [-0.1, -0.05) is 6.42 Å². The van der Waals surface area contributed by atoms with Crippen LogP contribution in [0.4, 0.5) is 0 Å². The Morgan fingerprint density at radius 1 is 1.23 bits per heavy atom. The molecule has 0 aromatic heterocycles. The number of fused-ring (bicyclic) bond motifs is 1. The molecule has 0 aromatic carbocycles. The first-order valence-electron chi connectivity index (χ1n) is 8.61. The summed E-state index contributed by atoms with van der Waals surface area (Å²) in [6, 6.07) is 0.743. The Balaban J connectivity index is 1.61. The van der Waals surface area contributed by atoms with Gasteiger partial charge in [0.2, 0.25) is 11.8 Å². The largest absolute Gasteiger partial charge is 0.346 e. The molecule has 3 rings (SSSR count). The lowest BCUT2D eigenvalue weighted by atomic mass is 9.88. The molecule has 0 bridgehead atoms. The summed E-state index contributed by atoms with van der Waals surface area (Å²) in [6.45, 7) is 7.82. The van der Waals surface area contributed by atoms with Crippen LogP contribution in [0.1, 0.15) is 46.0 Å². The number of carbonyl (C=O) groups is 2. The van der Waals surface area contributed by atoms with Crippen molar-refractivity contribution in [2.24, 2.45) is 0 Å². The molecule has 2 heterocycles. The van der Waals surface area contributed by atoms with Gasteiger partial charge in [-0.05, 0) is 38.7 Å². The first-order valence-corrected chi connectivity index (χ1v) is 8.61. The van der Waals surface area contributed by atoms with E-state index in [4.69, 9.17) is 0 Å². The number of rotatable bonds is 3. The van der Waals surface area contributed by atoms with E-state index in [0.717, 1.165) is 51.0 Å². The van der Waals surface area contributed by atoms with Gasteiger partial charge >= 0.3 is 0 Å². The van der Waals surface area contributed by atoms with Crippen molar-refractivity contribution in [2.45, 2.75) is 58.0 Å². The zero-order chi connectivity index (χ0) is 15.7. The molecular formula is C17H27N3O2. The maximum Gasteiger partial charge on any atom is 0.248 e. The van der Waals surface area contributed by atoms with Crippen molar-refractivity contribution in [2.75, 3.05) is 26.2 Å². The maximum absolute atomic E-state index is 12.5. The monoisotopic (exact) mass is 305 g/mol. The molecule has 1 atom stereocenters. The van der Waals surface area contributed by atoms with E-state index in [0.29, 0.717) is 12.5 Å². The smallest absolute Gasteiger partial charge is 0.248 e. The molecule has 0 spiro atoms. The van der Waals surface area contributed by atoms with Crippen molar-refractivity contribution >= 4 is 11.8 Å². The Bertz CT molecular complexity index is 490. The fourth-order valence-corrected chi connectivity index (χ4v) is 3.87. The molecule has 2 amide bonds. The van der Waals surface area contributed by atoms with Crippen LogP contribution in [0.3, 0.4) is 0 Å². The number of hydrogen-bond acceptors (Lipinski definition) is 3. The van der Waals surface area contributed by atoms with Crippen LogP contribution in [0.2, 0.25) is 0 Å². The van der Waals surface area contributed by atoms with Crippen LogP contribution >= 0.6 is 0 Å². The van der Waals surface area contributed by atoms with Crippen LogP contribution in [0.25, 0.3) is 0 Å². The van der Waals surface area contributed by atoms with E-state index in [-0.39, 0.29) is 17.9 Å². The third kappa shape index (κ3) is 3.05. The number of hydrogen-bond donors (Lipinski definition) is 1.